The molecule has 12 heavy (non-hydrogen) atoms. The quantitative estimate of drug-likeness (QED) is 0.148. The summed E-state index contributed by atoms with van der Waals surface area (Å²) in [5, 5.41) is 2.57. The van der Waals surface area contributed by atoms with Gasteiger partial charge in [-0.15, -0.1) is 11.3 Å². The molecule has 0 aromatic carbocycles. The van der Waals surface area contributed by atoms with Gasteiger partial charge in [0.05, 0.1) is 0 Å². The summed E-state index contributed by atoms with van der Waals surface area (Å²) in [5.41, 5.74) is 13.5. The average Bonchev–Trinajstić information content (AvgIpc) is 2.42. The molecule has 0 amide bonds. The van der Waals surface area contributed by atoms with Crippen molar-refractivity contribution in [1.29, 1.82) is 0 Å². The van der Waals surface area contributed by atoms with Gasteiger partial charge in [0.1, 0.15) is 5.00 Å². The summed E-state index contributed by atoms with van der Waals surface area (Å²) in [7, 11) is 0. The van der Waals surface area contributed by atoms with Crippen molar-refractivity contribution < 1.29 is 34.4 Å². The number of aliphatic imine (C=N–C) groups is 1. The standard InChI is InChI=1S/C5H3NOS.N3.Na/c7-4-6-5-2-1-3-8-5;1-3-2;/h1-3H;;/q;-1;+1. The Morgan fingerprint density at radius 1 is 1.58 bits per heavy atom. The van der Waals surface area contributed by atoms with Gasteiger partial charge in [-0.05, 0) is 17.5 Å². The minimum Gasteiger partial charge on any atom is -0.373 e. The van der Waals surface area contributed by atoms with E-state index in [1.165, 1.54) is 22.3 Å². The molecular weight excluding hydrogens is 187 g/mol. The third-order valence-electron chi connectivity index (χ3n) is 0.662. The summed E-state index contributed by atoms with van der Waals surface area (Å²) in [6, 6.07) is 3.59. The molecule has 0 aliphatic rings. The van der Waals surface area contributed by atoms with Crippen LogP contribution in [0.4, 0.5) is 5.00 Å². The first-order chi connectivity index (χ1) is 5.35. The van der Waals surface area contributed by atoms with Crippen molar-refractivity contribution in [2.75, 3.05) is 0 Å². The molecule has 0 bridgehead atoms. The van der Waals surface area contributed by atoms with Crippen molar-refractivity contribution in [2.24, 2.45) is 4.99 Å². The molecule has 0 saturated heterocycles. The molecular formula is C5H3N4NaOS. The zero-order valence-corrected chi connectivity index (χ0v) is 9.15. The molecule has 0 radical (unpaired) electrons. The Bertz CT molecular complexity index is 274. The molecule has 5 nitrogen and oxygen atoms in total. The molecule has 0 atom stereocenters. The van der Waals surface area contributed by atoms with Crippen molar-refractivity contribution in [3.8, 4) is 0 Å². The second-order valence-electron chi connectivity index (χ2n) is 1.24. The van der Waals surface area contributed by atoms with Crippen LogP contribution < -0.4 is 29.6 Å². The van der Waals surface area contributed by atoms with Gasteiger partial charge in [-0.2, -0.15) is 4.99 Å². The van der Waals surface area contributed by atoms with E-state index in [4.69, 9.17) is 11.1 Å². The normalized spacial score (nSPS) is 6.00. The molecule has 0 aliphatic carbocycles. The number of thiophene rings is 1. The SMILES string of the molecule is O=C=Nc1cccs1.[N-]=[N+]=[N-].[Na+]. The fraction of sp³-hybridized carbons (Fsp3) is 0. The second kappa shape index (κ2) is 10.4. The Morgan fingerprint density at radius 3 is 2.50 bits per heavy atom. The molecule has 0 aliphatic heterocycles. The molecule has 0 unspecified atom stereocenters. The van der Waals surface area contributed by atoms with Crippen molar-refractivity contribution >= 4 is 22.4 Å². The Labute approximate surface area is 94.8 Å². The van der Waals surface area contributed by atoms with Crippen molar-refractivity contribution in [3.05, 3.63) is 33.5 Å². The molecule has 56 valence electrons. The third-order valence-corrected chi connectivity index (χ3v) is 1.42. The molecule has 0 saturated carbocycles. The van der Waals surface area contributed by atoms with Crippen LogP contribution in [-0.2, 0) is 4.79 Å². The smallest absolute Gasteiger partial charge is 0.373 e. The maximum Gasteiger partial charge on any atom is 1.00 e. The molecule has 0 N–H and O–H groups in total. The molecule has 0 fully saturated rings. The van der Waals surface area contributed by atoms with E-state index in [0.29, 0.717) is 5.00 Å². The van der Waals surface area contributed by atoms with Crippen LogP contribution in [0.15, 0.2) is 22.5 Å². The first-order valence-corrected chi connectivity index (χ1v) is 3.33. The first kappa shape index (κ1) is 13.9. The zero-order valence-electron chi connectivity index (χ0n) is 6.34. The van der Waals surface area contributed by atoms with E-state index in [1.54, 1.807) is 6.07 Å². The van der Waals surface area contributed by atoms with Crippen LogP contribution in [0.2, 0.25) is 0 Å². The monoisotopic (exact) mass is 190 g/mol. The van der Waals surface area contributed by atoms with E-state index in [0.717, 1.165) is 0 Å². The van der Waals surface area contributed by atoms with E-state index < -0.39 is 0 Å². The van der Waals surface area contributed by atoms with Gasteiger partial charge in [-0.1, -0.05) is 0 Å². The average molecular weight is 190 g/mol. The van der Waals surface area contributed by atoms with Gasteiger partial charge >= 0.3 is 29.6 Å². The van der Waals surface area contributed by atoms with Crippen LogP contribution >= 0.6 is 11.3 Å². The van der Waals surface area contributed by atoms with Gasteiger partial charge in [-0.3, -0.25) is 4.91 Å². The number of nitrogens with zero attached hydrogens (tertiary/aromatic N) is 4. The van der Waals surface area contributed by atoms with Crippen molar-refractivity contribution in [2.45, 2.75) is 0 Å². The Morgan fingerprint density at radius 2 is 2.17 bits per heavy atom. The van der Waals surface area contributed by atoms with Gasteiger partial charge in [0.15, 0.2) is 0 Å². The van der Waals surface area contributed by atoms with Crippen LogP contribution in [-0.4, -0.2) is 6.08 Å². The Hall–Kier alpha value is -0.610. The van der Waals surface area contributed by atoms with E-state index in [2.05, 4.69) is 4.99 Å². The topological polar surface area (TPSA) is 88.1 Å². The first-order valence-electron chi connectivity index (χ1n) is 2.45. The third kappa shape index (κ3) is 7.50. The maximum absolute atomic E-state index is 9.59. The van der Waals surface area contributed by atoms with Crippen LogP contribution in [0.1, 0.15) is 0 Å². The van der Waals surface area contributed by atoms with Gasteiger partial charge in [0.2, 0.25) is 6.08 Å². The van der Waals surface area contributed by atoms with Gasteiger partial charge < -0.3 is 11.1 Å². The number of carbonyl (C=O) groups excluding carboxylic acids is 1. The predicted octanol–water partition coefficient (Wildman–Crippen LogP) is -0.415. The summed E-state index contributed by atoms with van der Waals surface area (Å²) < 4.78 is 0. The van der Waals surface area contributed by atoms with Crippen LogP contribution in [0, 0.1) is 0 Å². The van der Waals surface area contributed by atoms with Crippen LogP contribution in [0.3, 0.4) is 0 Å². The number of hydrogen-bond acceptors (Lipinski definition) is 3. The molecule has 0 spiro atoms. The summed E-state index contributed by atoms with van der Waals surface area (Å²) in [4.78, 5) is 14.5. The fourth-order valence-electron chi connectivity index (χ4n) is 0.378. The summed E-state index contributed by atoms with van der Waals surface area (Å²) in [6.07, 6.45) is 1.46. The molecule has 1 rings (SSSR count). The summed E-state index contributed by atoms with van der Waals surface area (Å²) in [5.74, 6) is 0. The van der Waals surface area contributed by atoms with Crippen molar-refractivity contribution in [1.82, 2.24) is 0 Å². The van der Waals surface area contributed by atoms with Crippen molar-refractivity contribution in [3.63, 3.8) is 0 Å². The predicted molar refractivity (Wildman–Crippen MR) is 42.2 cm³/mol. The summed E-state index contributed by atoms with van der Waals surface area (Å²) in [6.45, 7) is 0. The zero-order chi connectivity index (χ0) is 8.53. The van der Waals surface area contributed by atoms with Gasteiger partial charge in [-0.25, -0.2) is 4.79 Å². The minimum absolute atomic E-state index is 0. The number of rotatable bonds is 1. The molecule has 1 aromatic rings. The van der Waals surface area contributed by atoms with Gasteiger partial charge in [0, 0.05) is 0 Å². The fourth-order valence-corrected chi connectivity index (χ4v) is 0.922. The molecule has 7 heteroatoms. The summed E-state index contributed by atoms with van der Waals surface area (Å²) >= 11 is 1.42. The molecule has 1 aromatic heterocycles. The maximum atomic E-state index is 9.59. The van der Waals surface area contributed by atoms with Crippen LogP contribution in [0.25, 0.3) is 16.0 Å². The molecule has 1 heterocycles. The Balaban J connectivity index is 0. The van der Waals surface area contributed by atoms with E-state index >= 15 is 0 Å². The van der Waals surface area contributed by atoms with E-state index in [1.807, 2.05) is 11.4 Å². The van der Waals surface area contributed by atoms with E-state index in [-0.39, 0.29) is 29.6 Å². The van der Waals surface area contributed by atoms with Crippen LogP contribution in [0.5, 0.6) is 0 Å². The minimum atomic E-state index is 0. The second-order valence-corrected chi connectivity index (χ2v) is 2.17. The van der Waals surface area contributed by atoms with Gasteiger partial charge in [0.25, 0.3) is 0 Å². The number of hydrogen-bond donors (Lipinski definition) is 0. The Kier molecular flexibility index (Phi) is 12.1. The number of isocyanates is 1. The largest absolute Gasteiger partial charge is 1.00 e. The van der Waals surface area contributed by atoms with E-state index in [9.17, 15) is 4.79 Å².